The van der Waals surface area contributed by atoms with Crippen LogP contribution in [0.2, 0.25) is 10.0 Å². The minimum Gasteiger partial charge on any atom is -0.388 e. The van der Waals surface area contributed by atoms with Crippen LogP contribution < -0.4 is 5.32 Å². The van der Waals surface area contributed by atoms with E-state index in [1.54, 1.807) is 24.3 Å². The molecule has 102 valence electrons. The number of aliphatic hydroxyl groups is 1. The Bertz CT molecular complexity index is 510. The summed E-state index contributed by atoms with van der Waals surface area (Å²) in [5.74, 6) is -0.253. The summed E-state index contributed by atoms with van der Waals surface area (Å²) in [6.45, 7) is 0.291. The molecule has 1 aliphatic rings. The van der Waals surface area contributed by atoms with E-state index in [1.807, 2.05) is 0 Å². The number of hydrogen-bond acceptors (Lipinski definition) is 2. The molecule has 0 saturated heterocycles. The molecule has 0 unspecified atom stereocenters. The number of hydrogen-bond donors (Lipinski definition) is 2. The van der Waals surface area contributed by atoms with Crippen LogP contribution in [-0.2, 0) is 4.79 Å². The van der Waals surface area contributed by atoms with E-state index >= 15 is 0 Å². The zero-order valence-electron chi connectivity index (χ0n) is 10.3. The van der Waals surface area contributed by atoms with Gasteiger partial charge in [0.15, 0.2) is 0 Å². The summed E-state index contributed by atoms with van der Waals surface area (Å²) in [6, 6.07) is 5.05. The van der Waals surface area contributed by atoms with E-state index in [4.69, 9.17) is 23.2 Å². The molecule has 0 aromatic heterocycles. The zero-order valence-corrected chi connectivity index (χ0v) is 11.8. The van der Waals surface area contributed by atoms with Crippen LogP contribution in [0.15, 0.2) is 24.3 Å². The van der Waals surface area contributed by atoms with Gasteiger partial charge in [-0.2, -0.15) is 0 Å². The van der Waals surface area contributed by atoms with Crippen LogP contribution in [0.4, 0.5) is 0 Å². The maximum absolute atomic E-state index is 11.6. The SMILES string of the molecule is O=C(/C=C/c1cc(Cl)ccc1Cl)NCC1(O)CCC1. The van der Waals surface area contributed by atoms with Crippen molar-refractivity contribution in [3.05, 3.63) is 39.9 Å². The second-order valence-corrected chi connectivity index (χ2v) is 5.64. The summed E-state index contributed by atoms with van der Waals surface area (Å²) >= 11 is 11.8. The van der Waals surface area contributed by atoms with Gasteiger partial charge in [0.05, 0.1) is 5.60 Å². The van der Waals surface area contributed by atoms with E-state index in [1.165, 1.54) is 6.08 Å². The van der Waals surface area contributed by atoms with Crippen LogP contribution >= 0.6 is 23.2 Å². The van der Waals surface area contributed by atoms with Gasteiger partial charge in [-0.1, -0.05) is 23.2 Å². The summed E-state index contributed by atoms with van der Waals surface area (Å²) in [6.07, 6.45) is 5.50. The Kier molecular flexibility index (Phi) is 4.50. The third-order valence-corrected chi connectivity index (χ3v) is 3.83. The predicted molar refractivity (Wildman–Crippen MR) is 77.3 cm³/mol. The van der Waals surface area contributed by atoms with Crippen molar-refractivity contribution < 1.29 is 9.90 Å². The van der Waals surface area contributed by atoms with Crippen molar-refractivity contribution in [1.82, 2.24) is 5.32 Å². The van der Waals surface area contributed by atoms with Crippen molar-refractivity contribution in [3.8, 4) is 0 Å². The van der Waals surface area contributed by atoms with E-state index in [0.717, 1.165) is 19.3 Å². The summed E-state index contributed by atoms with van der Waals surface area (Å²) in [4.78, 5) is 11.6. The first-order chi connectivity index (χ1) is 8.98. The Morgan fingerprint density at radius 2 is 2.16 bits per heavy atom. The highest BCUT2D eigenvalue weighted by molar-refractivity contribution is 6.34. The van der Waals surface area contributed by atoms with Gasteiger partial charge < -0.3 is 10.4 Å². The highest BCUT2D eigenvalue weighted by atomic mass is 35.5. The minimum atomic E-state index is -0.711. The molecule has 1 aromatic carbocycles. The van der Waals surface area contributed by atoms with Crippen molar-refractivity contribution in [3.63, 3.8) is 0 Å². The number of carbonyl (C=O) groups is 1. The number of rotatable bonds is 4. The maximum Gasteiger partial charge on any atom is 0.244 e. The standard InChI is InChI=1S/C14H15Cl2NO2/c15-11-3-4-12(16)10(8-11)2-5-13(18)17-9-14(19)6-1-7-14/h2-5,8,19H,1,6-7,9H2,(H,17,18)/b5-2+. The predicted octanol–water partition coefficient (Wildman–Crippen LogP) is 3.04. The minimum absolute atomic E-state index is 0.253. The van der Waals surface area contributed by atoms with Gasteiger partial charge in [0, 0.05) is 22.7 Å². The van der Waals surface area contributed by atoms with Gasteiger partial charge in [-0.05, 0) is 49.1 Å². The first kappa shape index (κ1) is 14.4. The summed E-state index contributed by atoms with van der Waals surface area (Å²) < 4.78 is 0. The summed E-state index contributed by atoms with van der Waals surface area (Å²) in [5.41, 5.74) is -0.0244. The van der Waals surface area contributed by atoms with E-state index in [9.17, 15) is 9.90 Å². The number of halogens is 2. The fraction of sp³-hybridized carbons (Fsp3) is 0.357. The molecule has 19 heavy (non-hydrogen) atoms. The normalized spacial score (nSPS) is 17.2. The van der Waals surface area contributed by atoms with Gasteiger partial charge >= 0.3 is 0 Å². The van der Waals surface area contributed by atoms with Crippen LogP contribution in [0.1, 0.15) is 24.8 Å². The number of benzene rings is 1. The Morgan fingerprint density at radius 1 is 1.42 bits per heavy atom. The zero-order chi connectivity index (χ0) is 13.9. The maximum atomic E-state index is 11.6. The van der Waals surface area contributed by atoms with Crippen molar-refractivity contribution in [1.29, 1.82) is 0 Å². The summed E-state index contributed by atoms with van der Waals surface area (Å²) in [7, 11) is 0. The molecule has 0 spiro atoms. The molecule has 1 fully saturated rings. The largest absolute Gasteiger partial charge is 0.388 e. The lowest BCUT2D eigenvalue weighted by Gasteiger charge is -2.36. The van der Waals surface area contributed by atoms with Crippen LogP contribution in [0.5, 0.6) is 0 Å². The third kappa shape index (κ3) is 3.96. The Morgan fingerprint density at radius 3 is 2.79 bits per heavy atom. The monoisotopic (exact) mass is 299 g/mol. The van der Waals surface area contributed by atoms with Crippen molar-refractivity contribution in [2.75, 3.05) is 6.54 Å². The lowest BCUT2D eigenvalue weighted by Crippen LogP contribution is -2.47. The smallest absolute Gasteiger partial charge is 0.244 e. The second kappa shape index (κ2) is 5.95. The average Bonchev–Trinajstić information content (AvgIpc) is 2.35. The molecule has 3 nitrogen and oxygen atoms in total. The molecular formula is C14H15Cl2NO2. The lowest BCUT2D eigenvalue weighted by atomic mass is 9.80. The van der Waals surface area contributed by atoms with Gasteiger partial charge in [0.2, 0.25) is 5.91 Å². The molecule has 1 amide bonds. The van der Waals surface area contributed by atoms with Gasteiger partial charge in [0.1, 0.15) is 0 Å². The summed E-state index contributed by atoms with van der Waals surface area (Å²) in [5, 5.41) is 13.6. The molecular weight excluding hydrogens is 285 g/mol. The molecule has 0 atom stereocenters. The molecule has 1 aromatic rings. The quantitative estimate of drug-likeness (QED) is 0.840. The van der Waals surface area contributed by atoms with E-state index in [-0.39, 0.29) is 5.91 Å². The molecule has 1 saturated carbocycles. The fourth-order valence-electron chi connectivity index (χ4n) is 1.88. The molecule has 1 aliphatic carbocycles. The molecule has 5 heteroatoms. The number of carbonyl (C=O) groups excluding carboxylic acids is 1. The van der Waals surface area contributed by atoms with Crippen molar-refractivity contribution in [2.24, 2.45) is 0 Å². The lowest BCUT2D eigenvalue weighted by molar-refractivity contribution is -0.118. The van der Waals surface area contributed by atoms with Crippen molar-refractivity contribution >= 4 is 35.2 Å². The van der Waals surface area contributed by atoms with Gasteiger partial charge in [-0.25, -0.2) is 0 Å². The van der Waals surface area contributed by atoms with Crippen LogP contribution in [0.25, 0.3) is 6.08 Å². The van der Waals surface area contributed by atoms with Crippen LogP contribution in [0.3, 0.4) is 0 Å². The van der Waals surface area contributed by atoms with E-state index in [0.29, 0.717) is 22.2 Å². The highest BCUT2D eigenvalue weighted by Gasteiger charge is 2.34. The average molecular weight is 300 g/mol. The fourth-order valence-corrected chi connectivity index (χ4v) is 2.24. The molecule has 0 bridgehead atoms. The molecule has 2 rings (SSSR count). The van der Waals surface area contributed by atoms with E-state index in [2.05, 4.69) is 5.32 Å². The topological polar surface area (TPSA) is 49.3 Å². The van der Waals surface area contributed by atoms with Crippen molar-refractivity contribution in [2.45, 2.75) is 24.9 Å². The molecule has 2 N–H and O–H groups in total. The Labute approximate surface area is 122 Å². The van der Waals surface area contributed by atoms with Gasteiger partial charge in [-0.15, -0.1) is 0 Å². The van der Waals surface area contributed by atoms with E-state index < -0.39 is 5.60 Å². The second-order valence-electron chi connectivity index (χ2n) is 4.79. The molecule has 0 radical (unpaired) electrons. The third-order valence-electron chi connectivity index (χ3n) is 3.25. The van der Waals surface area contributed by atoms with Crippen LogP contribution in [-0.4, -0.2) is 23.2 Å². The first-order valence-electron chi connectivity index (χ1n) is 6.12. The Balaban J connectivity index is 1.90. The molecule has 0 heterocycles. The molecule has 0 aliphatic heterocycles. The van der Waals surface area contributed by atoms with Crippen LogP contribution in [0, 0.1) is 0 Å². The number of amides is 1. The van der Waals surface area contributed by atoms with Gasteiger partial charge in [0.25, 0.3) is 0 Å². The first-order valence-corrected chi connectivity index (χ1v) is 6.87. The Hall–Kier alpha value is -1.03. The number of nitrogens with one attached hydrogen (secondary N) is 1. The van der Waals surface area contributed by atoms with Gasteiger partial charge in [-0.3, -0.25) is 4.79 Å². The highest BCUT2D eigenvalue weighted by Crippen LogP contribution is 2.30.